The van der Waals surface area contributed by atoms with Crippen LogP contribution in [0, 0.1) is 6.92 Å². The number of carbonyl (C=O) groups is 1. The lowest BCUT2D eigenvalue weighted by atomic mass is 10.1. The number of benzene rings is 3. The van der Waals surface area contributed by atoms with Crippen LogP contribution < -0.4 is 0 Å². The standard InChI is InChI=1S/C24H19N3O2/c1-15-13-21(20-9-5-6-10-22(20)25-15)23-26-27(16(2)28)24(29-23)19-12-11-17-7-3-4-8-18(17)14-19/h3-14,24H,1-2H3. The fourth-order valence-electron chi connectivity index (χ4n) is 3.74. The first kappa shape index (κ1) is 17.4. The molecule has 4 aromatic rings. The number of hydrogen-bond donors (Lipinski definition) is 0. The van der Waals surface area contributed by atoms with Crippen molar-refractivity contribution >= 4 is 33.5 Å². The molecule has 142 valence electrons. The second kappa shape index (κ2) is 6.71. The molecule has 0 spiro atoms. The maximum absolute atomic E-state index is 12.3. The lowest BCUT2D eigenvalue weighted by Crippen LogP contribution is -2.25. The van der Waals surface area contributed by atoms with Crippen molar-refractivity contribution < 1.29 is 9.53 Å². The number of rotatable bonds is 2. The molecule has 0 radical (unpaired) electrons. The van der Waals surface area contributed by atoms with E-state index in [4.69, 9.17) is 4.74 Å². The number of amides is 1. The third-order valence-electron chi connectivity index (χ3n) is 5.10. The number of hydrazone groups is 1. The van der Waals surface area contributed by atoms with Gasteiger partial charge in [-0.05, 0) is 35.9 Å². The van der Waals surface area contributed by atoms with E-state index in [9.17, 15) is 4.79 Å². The molecule has 0 saturated heterocycles. The molecule has 29 heavy (non-hydrogen) atoms. The second-order valence-corrected chi connectivity index (χ2v) is 7.17. The smallest absolute Gasteiger partial charge is 0.243 e. The Morgan fingerprint density at radius 1 is 0.966 bits per heavy atom. The molecular formula is C24H19N3O2. The summed E-state index contributed by atoms with van der Waals surface area (Å²) in [5, 5.41) is 9.12. The Hall–Kier alpha value is -3.73. The first-order valence-electron chi connectivity index (χ1n) is 9.51. The molecule has 0 aliphatic carbocycles. The molecule has 1 aromatic heterocycles. The minimum atomic E-state index is -0.598. The third-order valence-corrected chi connectivity index (χ3v) is 5.10. The van der Waals surface area contributed by atoms with Crippen molar-refractivity contribution in [3.8, 4) is 0 Å². The van der Waals surface area contributed by atoms with Crippen LogP contribution in [0.1, 0.15) is 30.0 Å². The quantitative estimate of drug-likeness (QED) is 0.494. The molecule has 3 aromatic carbocycles. The van der Waals surface area contributed by atoms with E-state index in [1.165, 1.54) is 11.9 Å². The first-order valence-corrected chi connectivity index (χ1v) is 9.51. The largest absolute Gasteiger partial charge is 0.446 e. The number of pyridine rings is 1. The van der Waals surface area contributed by atoms with E-state index in [-0.39, 0.29) is 5.91 Å². The molecule has 0 bridgehead atoms. The van der Waals surface area contributed by atoms with Crippen molar-refractivity contribution in [3.05, 3.63) is 89.6 Å². The van der Waals surface area contributed by atoms with Gasteiger partial charge in [0.05, 0.1) is 5.52 Å². The third kappa shape index (κ3) is 3.01. The number of para-hydroxylation sites is 1. The van der Waals surface area contributed by atoms with Crippen molar-refractivity contribution in [1.29, 1.82) is 0 Å². The summed E-state index contributed by atoms with van der Waals surface area (Å²) in [4.78, 5) is 16.9. The zero-order chi connectivity index (χ0) is 20.0. The van der Waals surface area contributed by atoms with Crippen LogP contribution >= 0.6 is 0 Å². The van der Waals surface area contributed by atoms with Crippen molar-refractivity contribution in [1.82, 2.24) is 9.99 Å². The monoisotopic (exact) mass is 381 g/mol. The fourth-order valence-corrected chi connectivity index (χ4v) is 3.74. The van der Waals surface area contributed by atoms with Crippen molar-refractivity contribution in [3.63, 3.8) is 0 Å². The molecule has 1 atom stereocenters. The lowest BCUT2D eigenvalue weighted by molar-refractivity contribution is -0.135. The summed E-state index contributed by atoms with van der Waals surface area (Å²) >= 11 is 0. The zero-order valence-corrected chi connectivity index (χ0v) is 16.2. The number of aromatic nitrogens is 1. The molecule has 5 heteroatoms. The van der Waals surface area contributed by atoms with Crippen molar-refractivity contribution in [2.75, 3.05) is 0 Å². The van der Waals surface area contributed by atoms with Crippen LogP contribution in [-0.2, 0) is 9.53 Å². The Morgan fingerprint density at radius 2 is 1.72 bits per heavy atom. The van der Waals surface area contributed by atoms with Crippen LogP contribution in [-0.4, -0.2) is 21.8 Å². The SMILES string of the molecule is CC(=O)N1N=C(c2cc(C)nc3ccccc23)OC1c1ccc2ccccc2c1. The topological polar surface area (TPSA) is 54.8 Å². The predicted molar refractivity (Wildman–Crippen MR) is 113 cm³/mol. The summed E-state index contributed by atoms with van der Waals surface area (Å²) in [5.74, 6) is 0.258. The van der Waals surface area contributed by atoms with Crippen LogP contribution in [0.15, 0.2) is 77.9 Å². The molecule has 2 heterocycles. The Morgan fingerprint density at radius 3 is 2.55 bits per heavy atom. The molecule has 5 nitrogen and oxygen atoms in total. The van der Waals surface area contributed by atoms with Gasteiger partial charge in [0.1, 0.15) is 0 Å². The van der Waals surface area contributed by atoms with Gasteiger partial charge < -0.3 is 4.74 Å². The van der Waals surface area contributed by atoms with Crippen LogP contribution in [0.25, 0.3) is 21.7 Å². The van der Waals surface area contributed by atoms with E-state index in [1.807, 2.05) is 73.7 Å². The number of ether oxygens (including phenoxy) is 1. The van der Waals surface area contributed by atoms with Crippen LogP contribution in [0.5, 0.6) is 0 Å². The molecule has 1 aliphatic rings. The molecule has 0 N–H and O–H groups in total. The number of hydrogen-bond acceptors (Lipinski definition) is 4. The zero-order valence-electron chi connectivity index (χ0n) is 16.2. The average Bonchev–Trinajstić information content (AvgIpc) is 3.18. The van der Waals surface area contributed by atoms with E-state index >= 15 is 0 Å². The maximum Gasteiger partial charge on any atom is 0.243 e. The van der Waals surface area contributed by atoms with Gasteiger partial charge >= 0.3 is 0 Å². The van der Waals surface area contributed by atoms with E-state index in [1.54, 1.807) is 0 Å². The van der Waals surface area contributed by atoms with Crippen molar-refractivity contribution in [2.45, 2.75) is 20.1 Å². The van der Waals surface area contributed by atoms with Gasteiger partial charge in [-0.15, -0.1) is 5.10 Å². The van der Waals surface area contributed by atoms with Gasteiger partial charge in [-0.2, -0.15) is 5.01 Å². The molecular weight excluding hydrogens is 362 g/mol. The Labute approximate surface area is 168 Å². The highest BCUT2D eigenvalue weighted by Gasteiger charge is 2.33. The summed E-state index contributed by atoms with van der Waals surface area (Å²) < 4.78 is 6.25. The molecule has 5 rings (SSSR count). The van der Waals surface area contributed by atoms with Gasteiger partial charge in [-0.25, -0.2) is 0 Å². The molecule has 1 unspecified atom stereocenters. The minimum Gasteiger partial charge on any atom is -0.446 e. The summed E-state index contributed by atoms with van der Waals surface area (Å²) in [5.41, 5.74) is 3.46. The summed E-state index contributed by atoms with van der Waals surface area (Å²) in [6.07, 6.45) is -0.598. The summed E-state index contributed by atoms with van der Waals surface area (Å²) in [6.45, 7) is 3.44. The second-order valence-electron chi connectivity index (χ2n) is 7.17. The fraction of sp³-hybridized carbons (Fsp3) is 0.125. The maximum atomic E-state index is 12.3. The molecule has 1 aliphatic heterocycles. The number of aryl methyl sites for hydroxylation is 1. The molecule has 0 saturated carbocycles. The highest BCUT2D eigenvalue weighted by molar-refractivity contribution is 6.07. The Kier molecular flexibility index (Phi) is 4.02. The highest BCUT2D eigenvalue weighted by Crippen LogP contribution is 2.33. The van der Waals surface area contributed by atoms with Crippen LogP contribution in [0.3, 0.4) is 0 Å². The van der Waals surface area contributed by atoms with Gasteiger partial charge in [-0.1, -0.05) is 54.6 Å². The summed E-state index contributed by atoms with van der Waals surface area (Å²) in [6, 6.07) is 24.0. The highest BCUT2D eigenvalue weighted by atomic mass is 16.5. The van der Waals surface area contributed by atoms with Crippen LogP contribution in [0.2, 0.25) is 0 Å². The van der Waals surface area contributed by atoms with E-state index < -0.39 is 6.23 Å². The Bertz CT molecular complexity index is 1300. The number of carbonyl (C=O) groups excluding carboxylic acids is 1. The van der Waals surface area contributed by atoms with Gasteiger partial charge in [0.25, 0.3) is 0 Å². The van der Waals surface area contributed by atoms with Crippen molar-refractivity contribution in [2.24, 2.45) is 5.10 Å². The van der Waals surface area contributed by atoms with E-state index in [2.05, 4.69) is 16.2 Å². The number of fused-ring (bicyclic) bond motifs is 2. The Balaban J connectivity index is 1.60. The van der Waals surface area contributed by atoms with Gasteiger partial charge in [0, 0.05) is 29.1 Å². The van der Waals surface area contributed by atoms with Gasteiger partial charge in [0.2, 0.25) is 18.0 Å². The average molecular weight is 381 g/mol. The van der Waals surface area contributed by atoms with E-state index in [0.29, 0.717) is 5.90 Å². The predicted octanol–water partition coefficient (Wildman–Crippen LogP) is 4.94. The van der Waals surface area contributed by atoms with Gasteiger partial charge in [0.15, 0.2) is 0 Å². The van der Waals surface area contributed by atoms with Gasteiger partial charge in [-0.3, -0.25) is 9.78 Å². The summed E-state index contributed by atoms with van der Waals surface area (Å²) in [7, 11) is 0. The molecule has 0 fully saturated rings. The number of nitrogens with zero attached hydrogens (tertiary/aromatic N) is 3. The first-order chi connectivity index (χ1) is 14.1. The minimum absolute atomic E-state index is 0.173. The van der Waals surface area contributed by atoms with E-state index in [0.717, 1.165) is 38.5 Å². The molecule has 1 amide bonds. The van der Waals surface area contributed by atoms with Crippen LogP contribution in [0.4, 0.5) is 0 Å². The lowest BCUT2D eigenvalue weighted by Gasteiger charge is -2.19. The normalized spacial score (nSPS) is 16.1.